The van der Waals surface area contributed by atoms with Crippen molar-refractivity contribution in [1.29, 1.82) is 0 Å². The Labute approximate surface area is 126 Å². The minimum Gasteiger partial charge on any atom is -0.550 e. The number of carbonyl (C=O) groups excluding carboxylic acids is 3. The number of hydrazine groups is 1. The molecule has 2 atom stereocenters. The van der Waals surface area contributed by atoms with Crippen LogP contribution in [0.4, 0.5) is 0 Å². The van der Waals surface area contributed by atoms with Crippen molar-refractivity contribution >= 4 is 29.1 Å². The Morgan fingerprint density at radius 3 is 2.43 bits per heavy atom. The molecule has 2 amide bonds. The van der Waals surface area contributed by atoms with Crippen LogP contribution >= 0.6 is 11.3 Å². The molecule has 6 nitrogen and oxygen atoms in total. The molecule has 1 heterocycles. The summed E-state index contributed by atoms with van der Waals surface area (Å²) in [7, 11) is 0. The Hall–Kier alpha value is -1.89. The lowest BCUT2D eigenvalue weighted by Crippen LogP contribution is -2.49. The van der Waals surface area contributed by atoms with Gasteiger partial charge >= 0.3 is 0 Å². The van der Waals surface area contributed by atoms with Crippen LogP contribution in [0.15, 0.2) is 11.4 Å². The molecule has 0 unspecified atom stereocenters. The fourth-order valence-electron chi connectivity index (χ4n) is 2.60. The lowest BCUT2D eigenvalue weighted by Gasteiger charge is -2.31. The number of thiophene rings is 1. The molecule has 21 heavy (non-hydrogen) atoms. The third-order valence-electron chi connectivity index (χ3n) is 3.77. The van der Waals surface area contributed by atoms with Gasteiger partial charge in [0.2, 0.25) is 5.91 Å². The summed E-state index contributed by atoms with van der Waals surface area (Å²) in [6.45, 7) is 1.81. The zero-order valence-corrected chi connectivity index (χ0v) is 12.5. The highest BCUT2D eigenvalue weighted by Crippen LogP contribution is 2.29. The Balaban J connectivity index is 1.93. The van der Waals surface area contributed by atoms with Crippen LogP contribution < -0.4 is 16.0 Å². The van der Waals surface area contributed by atoms with Crippen molar-refractivity contribution in [2.75, 3.05) is 0 Å². The molecule has 1 saturated carbocycles. The largest absolute Gasteiger partial charge is 0.550 e. The molecule has 2 rings (SSSR count). The number of carbonyl (C=O) groups is 3. The molecule has 0 saturated heterocycles. The maximum atomic E-state index is 12.1. The average Bonchev–Trinajstić information content (AvgIpc) is 2.90. The summed E-state index contributed by atoms with van der Waals surface area (Å²) in [5.74, 6) is -3.48. The molecule has 1 aliphatic carbocycles. The summed E-state index contributed by atoms with van der Waals surface area (Å²) in [4.78, 5) is 35.5. The van der Waals surface area contributed by atoms with Gasteiger partial charge in [-0.1, -0.05) is 12.8 Å². The van der Waals surface area contributed by atoms with Crippen molar-refractivity contribution in [1.82, 2.24) is 10.9 Å². The first-order valence-electron chi connectivity index (χ1n) is 6.86. The van der Waals surface area contributed by atoms with Crippen molar-refractivity contribution < 1.29 is 19.5 Å². The van der Waals surface area contributed by atoms with Crippen molar-refractivity contribution in [2.24, 2.45) is 11.8 Å². The van der Waals surface area contributed by atoms with Gasteiger partial charge in [-0.05, 0) is 36.8 Å². The van der Waals surface area contributed by atoms with E-state index in [-0.39, 0.29) is 0 Å². The third kappa shape index (κ3) is 3.60. The molecule has 114 valence electrons. The molecule has 0 aromatic carbocycles. The minimum absolute atomic E-state index is 0.392. The van der Waals surface area contributed by atoms with Gasteiger partial charge in [-0.15, -0.1) is 11.3 Å². The highest BCUT2D eigenvalue weighted by Gasteiger charge is 2.32. The number of aryl methyl sites for hydroxylation is 1. The molecule has 0 bridgehead atoms. The Morgan fingerprint density at radius 1 is 1.19 bits per heavy atom. The Morgan fingerprint density at radius 2 is 1.86 bits per heavy atom. The van der Waals surface area contributed by atoms with Crippen molar-refractivity contribution in [3.63, 3.8) is 0 Å². The highest BCUT2D eigenvalue weighted by atomic mass is 32.1. The van der Waals surface area contributed by atoms with Crippen LogP contribution in [-0.4, -0.2) is 17.8 Å². The standard InChI is InChI=1S/C14H18N2O4S/c1-8-6-7-21-11(8)13(18)16-15-12(17)9-4-2-3-5-10(9)14(19)20/h6-7,9-10H,2-5H2,1H3,(H,15,17)(H,16,18)(H,19,20)/p-1/t9-,10-/m0/s1. The Bertz CT molecular complexity index is 555. The summed E-state index contributed by atoms with van der Waals surface area (Å²) in [6.07, 6.45) is 2.53. The van der Waals surface area contributed by atoms with Gasteiger partial charge in [0.15, 0.2) is 0 Å². The van der Waals surface area contributed by atoms with Gasteiger partial charge in [-0.2, -0.15) is 0 Å². The van der Waals surface area contributed by atoms with E-state index in [1.165, 1.54) is 11.3 Å². The van der Waals surface area contributed by atoms with Gasteiger partial charge in [0, 0.05) is 17.8 Å². The average molecular weight is 309 g/mol. The van der Waals surface area contributed by atoms with Gasteiger partial charge in [-0.3, -0.25) is 20.4 Å². The number of carboxylic acid groups (broad SMARTS) is 1. The van der Waals surface area contributed by atoms with Crippen molar-refractivity contribution in [3.05, 3.63) is 21.9 Å². The number of carboxylic acids is 1. The number of hydrogen-bond acceptors (Lipinski definition) is 5. The molecular weight excluding hydrogens is 292 g/mol. The second kappa shape index (κ2) is 6.71. The lowest BCUT2D eigenvalue weighted by atomic mass is 9.79. The summed E-state index contributed by atoms with van der Waals surface area (Å²) in [5, 5.41) is 12.9. The molecule has 1 aliphatic rings. The topological polar surface area (TPSA) is 98.3 Å². The number of amides is 2. The summed E-state index contributed by atoms with van der Waals surface area (Å²) in [5.41, 5.74) is 5.50. The predicted octanol–water partition coefficient (Wildman–Crippen LogP) is 0.374. The van der Waals surface area contributed by atoms with Crippen LogP contribution in [0.3, 0.4) is 0 Å². The zero-order chi connectivity index (χ0) is 15.4. The van der Waals surface area contributed by atoms with Gasteiger partial charge < -0.3 is 9.90 Å². The molecule has 1 aromatic rings. The normalized spacial score (nSPS) is 21.6. The smallest absolute Gasteiger partial charge is 0.280 e. The van der Waals surface area contributed by atoms with Crippen molar-refractivity contribution in [3.8, 4) is 0 Å². The second-order valence-corrected chi connectivity index (χ2v) is 6.11. The lowest BCUT2D eigenvalue weighted by molar-refractivity contribution is -0.314. The van der Waals surface area contributed by atoms with E-state index in [2.05, 4.69) is 10.9 Å². The fourth-order valence-corrected chi connectivity index (χ4v) is 3.42. The quantitative estimate of drug-likeness (QED) is 0.788. The maximum absolute atomic E-state index is 12.1. The second-order valence-electron chi connectivity index (χ2n) is 5.19. The molecule has 1 aromatic heterocycles. The van der Waals surface area contributed by atoms with E-state index in [9.17, 15) is 19.5 Å². The predicted molar refractivity (Wildman–Crippen MR) is 75.1 cm³/mol. The fraction of sp³-hybridized carbons (Fsp3) is 0.500. The number of hydrogen-bond donors (Lipinski definition) is 2. The molecule has 0 spiro atoms. The van der Waals surface area contributed by atoms with Crippen molar-refractivity contribution in [2.45, 2.75) is 32.6 Å². The number of aliphatic carboxylic acids is 1. The van der Waals surface area contributed by atoms with Crippen LogP contribution in [0.2, 0.25) is 0 Å². The first-order valence-corrected chi connectivity index (χ1v) is 7.74. The Kier molecular flexibility index (Phi) is 4.95. The monoisotopic (exact) mass is 309 g/mol. The van der Waals surface area contributed by atoms with Gasteiger partial charge in [0.1, 0.15) is 0 Å². The first kappa shape index (κ1) is 15.5. The molecule has 0 radical (unpaired) electrons. The van der Waals surface area contributed by atoms with E-state index in [0.717, 1.165) is 18.4 Å². The van der Waals surface area contributed by atoms with Crippen LogP contribution in [0.1, 0.15) is 40.9 Å². The summed E-state index contributed by atoms with van der Waals surface area (Å²) < 4.78 is 0. The zero-order valence-electron chi connectivity index (χ0n) is 11.7. The molecule has 7 heteroatoms. The van der Waals surface area contributed by atoms with E-state index in [4.69, 9.17) is 0 Å². The maximum Gasteiger partial charge on any atom is 0.280 e. The SMILES string of the molecule is Cc1ccsc1C(=O)NNC(=O)[C@H]1CCCC[C@@H]1C(=O)[O-]. The molecule has 1 fully saturated rings. The summed E-state index contributed by atoms with van der Waals surface area (Å²) >= 11 is 1.28. The molecular formula is C14H17N2O4S-. The summed E-state index contributed by atoms with van der Waals surface area (Å²) in [6, 6.07) is 1.81. The highest BCUT2D eigenvalue weighted by molar-refractivity contribution is 7.12. The molecule has 0 aliphatic heterocycles. The van der Waals surface area contributed by atoms with Gasteiger partial charge in [0.05, 0.1) is 4.88 Å². The van der Waals surface area contributed by atoms with E-state index in [1.54, 1.807) is 12.3 Å². The van der Waals surface area contributed by atoms with Gasteiger partial charge in [-0.25, -0.2) is 0 Å². The molecule has 2 N–H and O–H groups in total. The number of nitrogens with one attached hydrogen (secondary N) is 2. The minimum atomic E-state index is -1.20. The van der Waals surface area contributed by atoms with E-state index in [0.29, 0.717) is 17.7 Å². The van der Waals surface area contributed by atoms with E-state index < -0.39 is 29.6 Å². The van der Waals surface area contributed by atoms with Crippen LogP contribution in [0, 0.1) is 18.8 Å². The van der Waals surface area contributed by atoms with Gasteiger partial charge in [0.25, 0.3) is 5.91 Å². The van der Waals surface area contributed by atoms with Crippen LogP contribution in [0.5, 0.6) is 0 Å². The van der Waals surface area contributed by atoms with Crippen LogP contribution in [0.25, 0.3) is 0 Å². The van der Waals surface area contributed by atoms with E-state index in [1.807, 2.05) is 6.07 Å². The third-order valence-corrected chi connectivity index (χ3v) is 4.79. The van der Waals surface area contributed by atoms with E-state index >= 15 is 0 Å². The number of rotatable bonds is 3. The first-order chi connectivity index (χ1) is 10.0. The van der Waals surface area contributed by atoms with Crippen LogP contribution in [-0.2, 0) is 9.59 Å².